The first-order valence-corrected chi connectivity index (χ1v) is 4.24. The summed E-state index contributed by atoms with van der Waals surface area (Å²) in [6.07, 6.45) is -1.86. The Hall–Kier alpha value is -0.200. The van der Waals surface area contributed by atoms with Gasteiger partial charge in [-0.2, -0.15) is 0 Å². The van der Waals surface area contributed by atoms with Gasteiger partial charge in [0, 0.05) is 6.54 Å². The molecule has 0 amide bonds. The van der Waals surface area contributed by atoms with Gasteiger partial charge >= 0.3 is 0 Å². The van der Waals surface area contributed by atoms with E-state index >= 15 is 0 Å². The van der Waals surface area contributed by atoms with Crippen LogP contribution in [0.4, 0.5) is 0 Å². The van der Waals surface area contributed by atoms with Crippen molar-refractivity contribution in [2.75, 3.05) is 19.8 Å². The molecule has 0 aromatic carbocycles. The number of aliphatic hydroxyl groups is 3. The van der Waals surface area contributed by atoms with Crippen LogP contribution >= 0.6 is 0 Å². The van der Waals surface area contributed by atoms with E-state index in [4.69, 9.17) is 20.7 Å². The quantitative estimate of drug-likeness (QED) is 0.410. The highest BCUT2D eigenvalue weighted by Crippen LogP contribution is 2.12. The van der Waals surface area contributed by atoms with Gasteiger partial charge in [0.05, 0.1) is 18.8 Å². The number of hydrogen-bond acceptors (Lipinski definition) is 5. The van der Waals surface area contributed by atoms with Gasteiger partial charge in [-0.1, -0.05) is 0 Å². The van der Waals surface area contributed by atoms with Crippen LogP contribution in [0.3, 0.4) is 0 Å². The summed E-state index contributed by atoms with van der Waals surface area (Å²) in [6.45, 7) is 3.00. The molecular formula is C8H19NO4. The second-order valence-electron chi connectivity index (χ2n) is 3.55. The molecule has 0 aromatic heterocycles. The first kappa shape index (κ1) is 12.8. The average Bonchev–Trinajstić information content (AvgIpc) is 2.13. The van der Waals surface area contributed by atoms with Crippen LogP contribution in [0, 0.1) is 0 Å². The highest BCUT2D eigenvalue weighted by Gasteiger charge is 2.26. The third-order valence-electron chi connectivity index (χ3n) is 1.76. The molecule has 0 saturated heterocycles. The van der Waals surface area contributed by atoms with Crippen molar-refractivity contribution in [1.82, 2.24) is 0 Å². The smallest absolute Gasteiger partial charge is 0.109 e. The lowest BCUT2D eigenvalue weighted by molar-refractivity contribution is -0.139. The monoisotopic (exact) mass is 193 g/mol. The van der Waals surface area contributed by atoms with E-state index in [1.54, 1.807) is 13.8 Å². The highest BCUT2D eigenvalue weighted by molar-refractivity contribution is 4.76. The zero-order chi connectivity index (χ0) is 10.5. The lowest BCUT2D eigenvalue weighted by Gasteiger charge is -2.30. The van der Waals surface area contributed by atoms with Gasteiger partial charge < -0.3 is 25.8 Å². The third kappa shape index (κ3) is 4.54. The van der Waals surface area contributed by atoms with Crippen LogP contribution < -0.4 is 5.73 Å². The molecule has 0 heterocycles. The Morgan fingerprint density at radius 3 is 2.15 bits per heavy atom. The molecule has 13 heavy (non-hydrogen) atoms. The minimum atomic E-state index is -1.07. The molecule has 0 fully saturated rings. The Kier molecular flexibility index (Phi) is 5.43. The van der Waals surface area contributed by atoms with Crippen molar-refractivity contribution in [3.05, 3.63) is 0 Å². The molecule has 5 heteroatoms. The third-order valence-corrected chi connectivity index (χ3v) is 1.76. The number of nitrogens with two attached hydrogens (primary N) is 1. The summed E-state index contributed by atoms with van der Waals surface area (Å²) in [5.41, 5.74) is 4.79. The van der Waals surface area contributed by atoms with E-state index in [1.807, 2.05) is 0 Å². The van der Waals surface area contributed by atoms with Crippen LogP contribution in [0.1, 0.15) is 13.8 Å². The van der Waals surface area contributed by atoms with Crippen molar-refractivity contribution in [1.29, 1.82) is 0 Å². The summed E-state index contributed by atoms with van der Waals surface area (Å²) in [7, 11) is 0. The standard InChI is InChI=1S/C8H19NO4/c1-8(2,5-9)13-7(4-11)6(12)3-10/h6-7,10-12H,3-5,9H2,1-2H3/t6-,7?/m0/s1. The van der Waals surface area contributed by atoms with Gasteiger partial charge in [0.25, 0.3) is 0 Å². The normalized spacial score (nSPS) is 17.1. The SMILES string of the molecule is CC(C)(CN)OC(CO)[C@@H](O)CO. The molecular weight excluding hydrogens is 174 g/mol. The maximum atomic E-state index is 9.20. The van der Waals surface area contributed by atoms with E-state index in [2.05, 4.69) is 0 Å². The summed E-state index contributed by atoms with van der Waals surface area (Å²) >= 11 is 0. The molecule has 0 bridgehead atoms. The Labute approximate surface area is 78.1 Å². The Morgan fingerprint density at radius 1 is 1.31 bits per heavy atom. The van der Waals surface area contributed by atoms with Gasteiger partial charge in [0.2, 0.25) is 0 Å². The van der Waals surface area contributed by atoms with Crippen LogP contribution in [0.5, 0.6) is 0 Å². The van der Waals surface area contributed by atoms with Gasteiger partial charge in [-0.3, -0.25) is 0 Å². The van der Waals surface area contributed by atoms with E-state index in [1.165, 1.54) is 0 Å². The van der Waals surface area contributed by atoms with Crippen LogP contribution in [-0.2, 0) is 4.74 Å². The second kappa shape index (κ2) is 5.51. The van der Waals surface area contributed by atoms with Crippen LogP contribution in [0.2, 0.25) is 0 Å². The van der Waals surface area contributed by atoms with Crippen molar-refractivity contribution in [3.63, 3.8) is 0 Å². The fourth-order valence-corrected chi connectivity index (χ4v) is 0.813. The maximum Gasteiger partial charge on any atom is 0.109 e. The molecule has 0 aromatic rings. The minimum absolute atomic E-state index is 0.279. The fourth-order valence-electron chi connectivity index (χ4n) is 0.813. The summed E-state index contributed by atoms with van der Waals surface area (Å²) in [5, 5.41) is 26.7. The van der Waals surface area contributed by atoms with Crippen LogP contribution in [-0.4, -0.2) is 52.9 Å². The molecule has 1 unspecified atom stereocenters. The van der Waals surface area contributed by atoms with E-state index in [-0.39, 0.29) is 13.2 Å². The summed E-state index contributed by atoms with van der Waals surface area (Å²) in [5.74, 6) is 0. The van der Waals surface area contributed by atoms with E-state index in [0.29, 0.717) is 0 Å². The fraction of sp³-hybridized carbons (Fsp3) is 1.00. The van der Waals surface area contributed by atoms with Crippen molar-refractivity contribution >= 4 is 0 Å². The Balaban J connectivity index is 4.11. The average molecular weight is 193 g/mol. The zero-order valence-electron chi connectivity index (χ0n) is 8.10. The molecule has 0 aliphatic heterocycles. The van der Waals surface area contributed by atoms with Crippen molar-refractivity contribution < 1.29 is 20.1 Å². The lowest BCUT2D eigenvalue weighted by Crippen LogP contribution is -2.45. The molecule has 0 aliphatic carbocycles. The van der Waals surface area contributed by atoms with Gasteiger partial charge in [0.1, 0.15) is 12.2 Å². The molecule has 80 valence electrons. The first-order chi connectivity index (χ1) is 5.96. The number of ether oxygens (including phenoxy) is 1. The molecule has 0 spiro atoms. The summed E-state index contributed by atoms with van der Waals surface area (Å²) < 4.78 is 5.30. The lowest BCUT2D eigenvalue weighted by atomic mass is 10.1. The summed E-state index contributed by atoms with van der Waals surface area (Å²) in [6, 6.07) is 0. The minimum Gasteiger partial charge on any atom is -0.394 e. The Morgan fingerprint density at radius 2 is 1.85 bits per heavy atom. The number of aliphatic hydroxyl groups excluding tert-OH is 3. The van der Waals surface area contributed by atoms with Crippen LogP contribution in [0.25, 0.3) is 0 Å². The van der Waals surface area contributed by atoms with E-state index < -0.39 is 24.4 Å². The van der Waals surface area contributed by atoms with E-state index in [0.717, 1.165) is 0 Å². The van der Waals surface area contributed by atoms with Gasteiger partial charge in [-0.05, 0) is 13.8 Å². The molecule has 0 rings (SSSR count). The van der Waals surface area contributed by atoms with Crippen LogP contribution in [0.15, 0.2) is 0 Å². The predicted octanol–water partition coefficient (Wildman–Crippen LogP) is -1.55. The molecule has 0 saturated carbocycles. The maximum absolute atomic E-state index is 9.20. The van der Waals surface area contributed by atoms with Gasteiger partial charge in [0.15, 0.2) is 0 Å². The highest BCUT2D eigenvalue weighted by atomic mass is 16.5. The molecule has 0 aliphatic rings. The van der Waals surface area contributed by atoms with Crippen molar-refractivity contribution in [2.45, 2.75) is 31.7 Å². The first-order valence-electron chi connectivity index (χ1n) is 4.24. The Bertz CT molecular complexity index is 140. The predicted molar refractivity (Wildman–Crippen MR) is 48.2 cm³/mol. The molecule has 2 atom stereocenters. The number of rotatable bonds is 6. The van der Waals surface area contributed by atoms with Gasteiger partial charge in [-0.15, -0.1) is 0 Å². The second-order valence-corrected chi connectivity index (χ2v) is 3.55. The van der Waals surface area contributed by atoms with Gasteiger partial charge in [-0.25, -0.2) is 0 Å². The topological polar surface area (TPSA) is 95.9 Å². The zero-order valence-corrected chi connectivity index (χ0v) is 8.10. The summed E-state index contributed by atoms with van der Waals surface area (Å²) in [4.78, 5) is 0. The van der Waals surface area contributed by atoms with E-state index in [9.17, 15) is 5.11 Å². The molecule has 5 nitrogen and oxygen atoms in total. The van der Waals surface area contributed by atoms with Crippen molar-refractivity contribution in [3.8, 4) is 0 Å². The molecule has 0 radical (unpaired) electrons. The largest absolute Gasteiger partial charge is 0.394 e. The molecule has 5 N–H and O–H groups in total. The van der Waals surface area contributed by atoms with Crippen molar-refractivity contribution in [2.24, 2.45) is 5.73 Å². The number of hydrogen-bond donors (Lipinski definition) is 4.